The molecule has 1 aromatic heterocycles. The second-order valence-corrected chi connectivity index (χ2v) is 6.11. The van der Waals surface area contributed by atoms with Crippen LogP contribution in [0.4, 0.5) is 0 Å². The van der Waals surface area contributed by atoms with E-state index < -0.39 is 0 Å². The summed E-state index contributed by atoms with van der Waals surface area (Å²) in [6.45, 7) is 3.10. The van der Waals surface area contributed by atoms with Gasteiger partial charge in [-0.3, -0.25) is 9.88 Å². The van der Waals surface area contributed by atoms with Crippen LogP contribution in [0.2, 0.25) is 0 Å². The molecule has 0 aromatic carbocycles. The minimum Gasteiger partial charge on any atom is -0.292 e. The van der Waals surface area contributed by atoms with Gasteiger partial charge in [-0.05, 0) is 44.4 Å². The van der Waals surface area contributed by atoms with Gasteiger partial charge in [-0.1, -0.05) is 13.3 Å². The van der Waals surface area contributed by atoms with Crippen molar-refractivity contribution in [2.24, 2.45) is 5.92 Å². The monoisotopic (exact) mass is 264 g/mol. The van der Waals surface area contributed by atoms with Gasteiger partial charge >= 0.3 is 5.69 Å². The third-order valence-corrected chi connectivity index (χ3v) is 4.76. The molecule has 2 fully saturated rings. The smallest absolute Gasteiger partial charge is 0.292 e. The van der Waals surface area contributed by atoms with E-state index in [-0.39, 0.29) is 5.69 Å². The minimum absolute atomic E-state index is 0.194. The summed E-state index contributed by atoms with van der Waals surface area (Å²) in [5, 5.41) is 6.52. The van der Waals surface area contributed by atoms with Gasteiger partial charge in [0, 0.05) is 12.1 Å². The maximum absolute atomic E-state index is 11.1. The first kappa shape index (κ1) is 12.9. The summed E-state index contributed by atoms with van der Waals surface area (Å²) in [6, 6.07) is 1.42. The van der Waals surface area contributed by atoms with Gasteiger partial charge in [0.25, 0.3) is 0 Å². The molecular weight excluding hydrogens is 240 g/mol. The molecule has 3 rings (SSSR count). The number of nitrogens with one attached hydrogen (secondary N) is 2. The molecule has 1 heterocycles. The maximum atomic E-state index is 11.1. The lowest BCUT2D eigenvalue weighted by Gasteiger charge is -2.36. The van der Waals surface area contributed by atoms with E-state index in [9.17, 15) is 4.79 Å². The highest BCUT2D eigenvalue weighted by atomic mass is 16.1. The zero-order valence-electron chi connectivity index (χ0n) is 11.7. The Hall–Kier alpha value is -1.10. The summed E-state index contributed by atoms with van der Waals surface area (Å²) in [6.07, 6.45) is 9.28. The second-order valence-electron chi connectivity index (χ2n) is 6.11. The third-order valence-electron chi connectivity index (χ3n) is 4.76. The van der Waals surface area contributed by atoms with Crippen LogP contribution < -0.4 is 5.69 Å². The van der Waals surface area contributed by atoms with Crippen molar-refractivity contribution in [2.75, 3.05) is 0 Å². The van der Waals surface area contributed by atoms with Gasteiger partial charge in [0.05, 0.1) is 6.54 Å². The van der Waals surface area contributed by atoms with Crippen molar-refractivity contribution in [1.82, 2.24) is 20.1 Å². The van der Waals surface area contributed by atoms with E-state index in [1.165, 1.54) is 44.9 Å². The first-order valence-electron chi connectivity index (χ1n) is 7.65. The van der Waals surface area contributed by atoms with E-state index in [0.717, 1.165) is 24.3 Å². The molecule has 0 amide bonds. The van der Waals surface area contributed by atoms with Crippen LogP contribution in [0.3, 0.4) is 0 Å². The fourth-order valence-electron chi connectivity index (χ4n) is 3.40. The van der Waals surface area contributed by atoms with Crippen LogP contribution >= 0.6 is 0 Å². The molecule has 0 saturated heterocycles. The number of aromatic amines is 2. The lowest BCUT2D eigenvalue weighted by molar-refractivity contribution is 0.117. The Morgan fingerprint density at radius 2 is 1.79 bits per heavy atom. The number of nitrogens with zero attached hydrogens (tertiary/aromatic N) is 2. The predicted octanol–water partition coefficient (Wildman–Crippen LogP) is 2.03. The Morgan fingerprint density at radius 1 is 1.16 bits per heavy atom. The number of hydrogen-bond donors (Lipinski definition) is 2. The van der Waals surface area contributed by atoms with Gasteiger partial charge in [-0.15, -0.1) is 0 Å². The van der Waals surface area contributed by atoms with E-state index in [1.54, 1.807) is 0 Å². The Balaban J connectivity index is 1.63. The highest BCUT2D eigenvalue weighted by Crippen LogP contribution is 2.36. The van der Waals surface area contributed by atoms with Gasteiger partial charge in [0.2, 0.25) is 0 Å². The molecule has 0 atom stereocenters. The number of aromatic nitrogens is 3. The molecule has 106 valence electrons. The van der Waals surface area contributed by atoms with Crippen LogP contribution in [0.1, 0.15) is 57.7 Å². The lowest BCUT2D eigenvalue weighted by Crippen LogP contribution is -2.39. The molecule has 2 saturated carbocycles. The predicted molar refractivity (Wildman–Crippen MR) is 73.8 cm³/mol. The zero-order chi connectivity index (χ0) is 13.2. The van der Waals surface area contributed by atoms with Gasteiger partial charge < -0.3 is 0 Å². The zero-order valence-corrected chi connectivity index (χ0v) is 11.7. The van der Waals surface area contributed by atoms with E-state index >= 15 is 0 Å². The Kier molecular flexibility index (Phi) is 3.73. The minimum atomic E-state index is -0.194. The summed E-state index contributed by atoms with van der Waals surface area (Å²) in [7, 11) is 0. The molecular formula is C14H24N4O. The molecule has 2 aliphatic carbocycles. The summed E-state index contributed by atoms with van der Waals surface area (Å²) < 4.78 is 0. The Labute approximate surface area is 113 Å². The van der Waals surface area contributed by atoms with Crippen molar-refractivity contribution in [3.63, 3.8) is 0 Å². The average Bonchev–Trinajstić information content (AvgIpc) is 3.20. The fraction of sp³-hybridized carbons (Fsp3) is 0.857. The van der Waals surface area contributed by atoms with Crippen LogP contribution in [0.25, 0.3) is 0 Å². The number of H-pyrrole nitrogens is 2. The van der Waals surface area contributed by atoms with E-state index in [1.807, 2.05) is 0 Å². The summed E-state index contributed by atoms with van der Waals surface area (Å²) in [5.41, 5.74) is -0.194. The topological polar surface area (TPSA) is 64.8 Å². The van der Waals surface area contributed by atoms with Crippen LogP contribution in [0.5, 0.6) is 0 Å². The largest absolute Gasteiger partial charge is 0.340 e. The van der Waals surface area contributed by atoms with Gasteiger partial charge in [0.15, 0.2) is 0 Å². The molecule has 0 unspecified atom stereocenters. The summed E-state index contributed by atoms with van der Waals surface area (Å²) in [4.78, 5) is 16.5. The Morgan fingerprint density at radius 3 is 2.26 bits per heavy atom. The van der Waals surface area contributed by atoms with Gasteiger partial charge in [-0.25, -0.2) is 9.89 Å². The molecule has 2 N–H and O–H groups in total. The first-order chi connectivity index (χ1) is 9.26. The maximum Gasteiger partial charge on any atom is 0.340 e. The molecule has 19 heavy (non-hydrogen) atoms. The molecule has 0 aliphatic heterocycles. The molecule has 2 aliphatic rings. The van der Waals surface area contributed by atoms with E-state index in [2.05, 4.69) is 27.0 Å². The van der Waals surface area contributed by atoms with Gasteiger partial charge in [0.1, 0.15) is 5.82 Å². The van der Waals surface area contributed by atoms with Crippen LogP contribution in [-0.2, 0) is 6.54 Å². The van der Waals surface area contributed by atoms with Crippen molar-refractivity contribution in [2.45, 2.75) is 70.5 Å². The molecule has 0 bridgehead atoms. The van der Waals surface area contributed by atoms with E-state index in [4.69, 9.17) is 0 Å². The summed E-state index contributed by atoms with van der Waals surface area (Å²) >= 11 is 0. The molecule has 5 heteroatoms. The fourth-order valence-corrected chi connectivity index (χ4v) is 3.40. The molecule has 0 spiro atoms. The lowest BCUT2D eigenvalue weighted by atomic mass is 9.84. The standard InChI is InChI=1S/C14H24N4O/c1-2-10-3-5-11(6-4-10)18(12-7-8-12)9-13-15-14(19)17-16-13/h10-12H,2-9H2,1H3,(H2,15,16,17,19). The van der Waals surface area contributed by atoms with Crippen LogP contribution in [-0.4, -0.2) is 32.2 Å². The second kappa shape index (κ2) is 5.49. The highest BCUT2D eigenvalue weighted by Gasteiger charge is 2.36. The van der Waals surface area contributed by atoms with Crippen molar-refractivity contribution in [1.29, 1.82) is 0 Å². The highest BCUT2D eigenvalue weighted by molar-refractivity contribution is 4.94. The van der Waals surface area contributed by atoms with Crippen molar-refractivity contribution in [3.05, 3.63) is 16.3 Å². The van der Waals surface area contributed by atoms with Gasteiger partial charge in [-0.2, -0.15) is 5.10 Å². The van der Waals surface area contributed by atoms with Crippen molar-refractivity contribution >= 4 is 0 Å². The Bertz CT molecular complexity index is 454. The first-order valence-corrected chi connectivity index (χ1v) is 7.65. The average molecular weight is 264 g/mol. The quantitative estimate of drug-likeness (QED) is 0.855. The number of rotatable bonds is 5. The van der Waals surface area contributed by atoms with Crippen LogP contribution in [0, 0.1) is 5.92 Å². The van der Waals surface area contributed by atoms with E-state index in [0.29, 0.717) is 6.04 Å². The van der Waals surface area contributed by atoms with Crippen molar-refractivity contribution in [3.8, 4) is 0 Å². The number of hydrogen-bond acceptors (Lipinski definition) is 3. The SMILES string of the molecule is CCC1CCC(N(Cc2n[nH]c(=O)[nH]2)C2CC2)CC1. The van der Waals surface area contributed by atoms with Crippen LogP contribution in [0.15, 0.2) is 4.79 Å². The molecule has 0 radical (unpaired) electrons. The molecule has 5 nitrogen and oxygen atoms in total. The normalized spacial score (nSPS) is 27.9. The third kappa shape index (κ3) is 3.08. The summed E-state index contributed by atoms with van der Waals surface area (Å²) in [5.74, 6) is 1.72. The van der Waals surface area contributed by atoms with Crippen molar-refractivity contribution < 1.29 is 0 Å². The molecule has 1 aromatic rings.